The number of piperidine rings is 1. The van der Waals surface area contributed by atoms with Crippen molar-refractivity contribution in [3.05, 3.63) is 59.1 Å². The van der Waals surface area contributed by atoms with E-state index < -0.39 is 0 Å². The molecule has 0 atom stereocenters. The first-order valence-corrected chi connectivity index (χ1v) is 10.5. The van der Waals surface area contributed by atoms with Gasteiger partial charge in [0.25, 0.3) is 0 Å². The number of para-hydroxylation sites is 1. The topological polar surface area (TPSA) is 38.9 Å². The molecule has 28 heavy (non-hydrogen) atoms. The van der Waals surface area contributed by atoms with Gasteiger partial charge in [-0.05, 0) is 67.8 Å². The van der Waals surface area contributed by atoms with Crippen LogP contribution in [0.4, 0.5) is 0 Å². The molecule has 0 radical (unpaired) electrons. The van der Waals surface area contributed by atoms with Crippen LogP contribution in [0.15, 0.2) is 48.8 Å². The Morgan fingerprint density at radius 2 is 1.82 bits per heavy atom. The normalized spacial score (nSPS) is 15.2. The van der Waals surface area contributed by atoms with Gasteiger partial charge in [0.2, 0.25) is 4.77 Å². The largest absolute Gasteiger partial charge is 0.284 e. The number of hydrogen-bond acceptors (Lipinski definition) is 4. The van der Waals surface area contributed by atoms with E-state index in [-0.39, 0.29) is 0 Å². The Morgan fingerprint density at radius 3 is 2.54 bits per heavy atom. The Bertz CT molecular complexity index is 984. The van der Waals surface area contributed by atoms with E-state index in [1.165, 1.54) is 24.8 Å². The summed E-state index contributed by atoms with van der Waals surface area (Å²) in [5.41, 5.74) is 3.34. The molecule has 1 saturated heterocycles. The van der Waals surface area contributed by atoms with E-state index in [4.69, 9.17) is 17.3 Å². The van der Waals surface area contributed by atoms with Crippen molar-refractivity contribution >= 4 is 12.2 Å². The monoisotopic (exact) mass is 393 g/mol. The molecule has 0 bridgehead atoms. The Balaban J connectivity index is 1.85. The molecule has 1 aliphatic heterocycles. The highest BCUT2D eigenvalue weighted by atomic mass is 32.1. The fraction of sp³-hybridized carbons (Fsp3) is 0.409. The number of benzene rings is 1. The number of hydrogen-bond donors (Lipinski definition) is 0. The van der Waals surface area contributed by atoms with Crippen LogP contribution in [0, 0.1) is 4.77 Å². The highest BCUT2D eigenvalue weighted by Crippen LogP contribution is 2.28. The van der Waals surface area contributed by atoms with Crippen LogP contribution in [0.25, 0.3) is 17.1 Å². The molecule has 1 fully saturated rings. The van der Waals surface area contributed by atoms with E-state index in [9.17, 15) is 0 Å². The molecule has 2 aromatic heterocycles. The van der Waals surface area contributed by atoms with Gasteiger partial charge in [-0.2, -0.15) is 0 Å². The zero-order chi connectivity index (χ0) is 19.5. The maximum atomic E-state index is 5.93. The number of rotatable bonds is 5. The van der Waals surface area contributed by atoms with Crippen molar-refractivity contribution in [1.29, 1.82) is 0 Å². The van der Waals surface area contributed by atoms with Crippen molar-refractivity contribution in [1.82, 2.24) is 24.2 Å². The van der Waals surface area contributed by atoms with Crippen LogP contribution in [-0.2, 0) is 6.67 Å². The van der Waals surface area contributed by atoms with Gasteiger partial charge < -0.3 is 0 Å². The minimum absolute atomic E-state index is 0.394. The SMILES string of the molecule is CC(C)c1ccccc1-n1c(-c2cccnc2)nn(CN2CCCCC2)c1=S. The molecule has 146 valence electrons. The van der Waals surface area contributed by atoms with E-state index in [2.05, 4.69) is 52.6 Å². The summed E-state index contributed by atoms with van der Waals surface area (Å²) in [4.78, 5) is 6.74. The van der Waals surface area contributed by atoms with Crippen molar-refractivity contribution in [3.63, 3.8) is 0 Å². The standard InChI is InChI=1S/C22H27N5S/c1-17(2)19-10-4-5-11-20(19)27-21(18-9-8-12-23-15-18)24-26(22(27)28)16-25-13-6-3-7-14-25/h4-5,8-12,15,17H,3,6-7,13-14,16H2,1-2H3. The Morgan fingerprint density at radius 1 is 1.04 bits per heavy atom. The summed E-state index contributed by atoms with van der Waals surface area (Å²) in [6.07, 6.45) is 7.46. The third-order valence-electron chi connectivity index (χ3n) is 5.34. The summed E-state index contributed by atoms with van der Waals surface area (Å²) >= 11 is 5.93. The fourth-order valence-corrected chi connectivity index (χ4v) is 4.15. The quantitative estimate of drug-likeness (QED) is 0.570. The molecule has 0 amide bonds. The summed E-state index contributed by atoms with van der Waals surface area (Å²) < 4.78 is 4.82. The zero-order valence-electron chi connectivity index (χ0n) is 16.6. The third kappa shape index (κ3) is 3.80. The molecule has 3 heterocycles. The Hall–Kier alpha value is -2.31. The lowest BCUT2D eigenvalue weighted by Gasteiger charge is -2.25. The van der Waals surface area contributed by atoms with Gasteiger partial charge in [-0.3, -0.25) is 14.5 Å². The molecule has 6 heteroatoms. The molecular weight excluding hydrogens is 366 g/mol. The molecule has 0 spiro atoms. The van der Waals surface area contributed by atoms with Gasteiger partial charge in [0.1, 0.15) is 0 Å². The molecule has 3 aromatic rings. The second kappa shape index (κ2) is 8.37. The summed E-state index contributed by atoms with van der Waals surface area (Å²) in [6, 6.07) is 12.5. The van der Waals surface area contributed by atoms with Crippen molar-refractivity contribution < 1.29 is 0 Å². The van der Waals surface area contributed by atoms with Gasteiger partial charge in [-0.15, -0.1) is 5.10 Å². The second-order valence-corrected chi connectivity index (χ2v) is 8.08. The van der Waals surface area contributed by atoms with Gasteiger partial charge in [0.05, 0.1) is 12.4 Å². The first-order chi connectivity index (χ1) is 13.6. The van der Waals surface area contributed by atoms with E-state index in [0.717, 1.165) is 41.6 Å². The molecule has 1 aromatic carbocycles. The first kappa shape index (κ1) is 19.0. The fourth-order valence-electron chi connectivity index (χ4n) is 3.87. The van der Waals surface area contributed by atoms with Gasteiger partial charge in [0, 0.05) is 18.0 Å². The van der Waals surface area contributed by atoms with Crippen LogP contribution < -0.4 is 0 Å². The lowest BCUT2D eigenvalue weighted by Crippen LogP contribution is -2.32. The van der Waals surface area contributed by atoms with Crippen molar-refractivity contribution in [2.75, 3.05) is 13.1 Å². The highest BCUT2D eigenvalue weighted by Gasteiger charge is 2.19. The maximum absolute atomic E-state index is 5.93. The van der Waals surface area contributed by atoms with Crippen molar-refractivity contribution in [2.24, 2.45) is 0 Å². The smallest absolute Gasteiger partial charge is 0.204 e. The van der Waals surface area contributed by atoms with Crippen LogP contribution in [-0.4, -0.2) is 37.3 Å². The minimum Gasteiger partial charge on any atom is -0.284 e. The van der Waals surface area contributed by atoms with E-state index >= 15 is 0 Å². The Labute approximate surface area is 171 Å². The number of pyridine rings is 1. The lowest BCUT2D eigenvalue weighted by atomic mass is 10.0. The molecule has 0 saturated carbocycles. The van der Waals surface area contributed by atoms with Gasteiger partial charge in [0.15, 0.2) is 5.82 Å². The summed E-state index contributed by atoms with van der Waals surface area (Å²) in [6.45, 7) is 7.39. The van der Waals surface area contributed by atoms with E-state index in [1.807, 2.05) is 23.0 Å². The molecule has 1 aliphatic rings. The molecule has 0 N–H and O–H groups in total. The third-order valence-corrected chi connectivity index (χ3v) is 5.73. The zero-order valence-corrected chi connectivity index (χ0v) is 17.4. The highest BCUT2D eigenvalue weighted by molar-refractivity contribution is 7.71. The first-order valence-electron chi connectivity index (χ1n) is 10.1. The van der Waals surface area contributed by atoms with Crippen molar-refractivity contribution in [2.45, 2.75) is 45.7 Å². The second-order valence-electron chi connectivity index (χ2n) is 7.72. The molecular formula is C22H27N5S. The summed E-state index contributed by atoms with van der Waals surface area (Å²) in [5.74, 6) is 1.24. The molecule has 4 rings (SSSR count). The van der Waals surface area contributed by atoms with Crippen LogP contribution in [0.3, 0.4) is 0 Å². The number of aromatic nitrogens is 4. The average molecular weight is 394 g/mol. The van der Waals surface area contributed by atoms with Crippen LogP contribution in [0.1, 0.15) is 44.6 Å². The predicted molar refractivity (Wildman–Crippen MR) is 115 cm³/mol. The maximum Gasteiger partial charge on any atom is 0.204 e. The molecule has 5 nitrogen and oxygen atoms in total. The van der Waals surface area contributed by atoms with E-state index in [1.54, 1.807) is 6.20 Å². The predicted octanol–water partition coefficient (Wildman–Crippen LogP) is 5.03. The minimum atomic E-state index is 0.394. The molecule has 0 unspecified atom stereocenters. The summed E-state index contributed by atoms with van der Waals surface area (Å²) in [5, 5.41) is 4.94. The van der Waals surface area contributed by atoms with Crippen molar-refractivity contribution in [3.8, 4) is 17.1 Å². The average Bonchev–Trinajstić information content (AvgIpc) is 3.05. The van der Waals surface area contributed by atoms with Gasteiger partial charge >= 0.3 is 0 Å². The number of nitrogens with zero attached hydrogens (tertiary/aromatic N) is 5. The van der Waals surface area contributed by atoms with Crippen LogP contribution in [0.2, 0.25) is 0 Å². The summed E-state index contributed by atoms with van der Waals surface area (Å²) in [7, 11) is 0. The van der Waals surface area contributed by atoms with E-state index in [0.29, 0.717) is 5.92 Å². The number of likely N-dealkylation sites (tertiary alicyclic amines) is 1. The van der Waals surface area contributed by atoms with Crippen LogP contribution in [0.5, 0.6) is 0 Å². The van der Waals surface area contributed by atoms with Gasteiger partial charge in [-0.25, -0.2) is 4.68 Å². The van der Waals surface area contributed by atoms with Gasteiger partial charge in [-0.1, -0.05) is 38.5 Å². The Kier molecular flexibility index (Phi) is 5.69. The lowest BCUT2D eigenvalue weighted by molar-refractivity contribution is 0.172. The molecule has 0 aliphatic carbocycles. The van der Waals surface area contributed by atoms with Crippen LogP contribution >= 0.6 is 12.2 Å².